The average Bonchev–Trinajstić information content (AvgIpc) is 2.83. The molecule has 1 N–H and O–H groups in total. The largest absolute Gasteiger partial charge is 0.481 e. The Morgan fingerprint density at radius 1 is 1.28 bits per heavy atom. The first-order valence-electron chi connectivity index (χ1n) is 6.02. The second-order valence-corrected chi connectivity index (χ2v) is 4.57. The lowest BCUT2D eigenvalue weighted by Crippen LogP contribution is -2.37. The SMILES string of the molecule is COC(=O)CCN(C)C(=O)C1CCCC1C(=O)O. The van der Waals surface area contributed by atoms with Gasteiger partial charge in [-0.1, -0.05) is 6.42 Å². The molecule has 1 aliphatic rings. The summed E-state index contributed by atoms with van der Waals surface area (Å²) in [6.45, 7) is 0.258. The standard InChI is InChI=1S/C12H19NO5/c1-13(7-6-10(14)18-2)11(15)8-4-3-5-9(8)12(16)17/h8-9H,3-7H2,1-2H3,(H,16,17). The lowest BCUT2D eigenvalue weighted by molar-refractivity contribution is -0.149. The monoisotopic (exact) mass is 257 g/mol. The minimum Gasteiger partial charge on any atom is -0.481 e. The summed E-state index contributed by atoms with van der Waals surface area (Å²) in [4.78, 5) is 35.5. The van der Waals surface area contributed by atoms with Crippen molar-refractivity contribution in [3.8, 4) is 0 Å². The van der Waals surface area contributed by atoms with Crippen molar-refractivity contribution in [1.29, 1.82) is 0 Å². The number of esters is 1. The Morgan fingerprint density at radius 2 is 1.89 bits per heavy atom. The topological polar surface area (TPSA) is 83.9 Å². The molecule has 18 heavy (non-hydrogen) atoms. The van der Waals surface area contributed by atoms with Crippen LogP contribution in [0.4, 0.5) is 0 Å². The van der Waals surface area contributed by atoms with Crippen molar-refractivity contribution >= 4 is 17.8 Å². The molecule has 1 fully saturated rings. The van der Waals surface area contributed by atoms with Gasteiger partial charge >= 0.3 is 11.9 Å². The fourth-order valence-electron chi connectivity index (χ4n) is 2.31. The first kappa shape index (κ1) is 14.5. The van der Waals surface area contributed by atoms with Crippen LogP contribution in [0.1, 0.15) is 25.7 Å². The lowest BCUT2D eigenvalue weighted by Gasteiger charge is -2.23. The van der Waals surface area contributed by atoms with Crippen molar-refractivity contribution in [3.63, 3.8) is 0 Å². The molecule has 102 valence electrons. The molecule has 0 aromatic rings. The minimum atomic E-state index is -0.910. The Balaban J connectivity index is 2.52. The number of carboxylic acid groups (broad SMARTS) is 1. The van der Waals surface area contributed by atoms with E-state index in [0.29, 0.717) is 12.8 Å². The Morgan fingerprint density at radius 3 is 2.44 bits per heavy atom. The summed E-state index contributed by atoms with van der Waals surface area (Å²) >= 11 is 0. The van der Waals surface area contributed by atoms with Crippen LogP contribution in [-0.4, -0.2) is 48.6 Å². The number of nitrogens with zero attached hydrogens (tertiary/aromatic N) is 1. The molecule has 2 unspecified atom stereocenters. The van der Waals surface area contributed by atoms with Gasteiger partial charge in [0.05, 0.1) is 25.4 Å². The van der Waals surface area contributed by atoms with E-state index in [-0.39, 0.29) is 24.8 Å². The van der Waals surface area contributed by atoms with Crippen LogP contribution in [0.2, 0.25) is 0 Å². The van der Waals surface area contributed by atoms with Crippen LogP contribution in [-0.2, 0) is 19.1 Å². The minimum absolute atomic E-state index is 0.128. The maximum absolute atomic E-state index is 12.1. The molecule has 1 saturated carbocycles. The van der Waals surface area contributed by atoms with Crippen LogP contribution in [0.3, 0.4) is 0 Å². The van der Waals surface area contributed by atoms with Crippen LogP contribution in [0.25, 0.3) is 0 Å². The molecule has 0 radical (unpaired) electrons. The number of carboxylic acids is 1. The van der Waals surface area contributed by atoms with Crippen molar-refractivity contribution in [1.82, 2.24) is 4.90 Å². The van der Waals surface area contributed by atoms with E-state index in [4.69, 9.17) is 5.11 Å². The highest BCUT2D eigenvalue weighted by molar-refractivity contribution is 5.85. The third-order valence-corrected chi connectivity index (χ3v) is 3.41. The summed E-state index contributed by atoms with van der Waals surface area (Å²) in [7, 11) is 2.88. The predicted molar refractivity (Wildman–Crippen MR) is 62.7 cm³/mol. The van der Waals surface area contributed by atoms with Gasteiger partial charge in [-0.3, -0.25) is 14.4 Å². The van der Waals surface area contributed by atoms with Gasteiger partial charge < -0.3 is 14.7 Å². The quantitative estimate of drug-likeness (QED) is 0.725. The molecule has 0 saturated heterocycles. The van der Waals surface area contributed by atoms with Gasteiger partial charge in [-0.05, 0) is 12.8 Å². The predicted octanol–water partition coefficient (Wildman–Crippen LogP) is 0.509. The first-order chi connectivity index (χ1) is 8.47. The normalized spacial score (nSPS) is 22.6. The van der Waals surface area contributed by atoms with Crippen molar-refractivity contribution in [2.24, 2.45) is 11.8 Å². The molecular formula is C12H19NO5. The highest BCUT2D eigenvalue weighted by Gasteiger charge is 2.38. The van der Waals surface area contributed by atoms with E-state index in [1.165, 1.54) is 12.0 Å². The van der Waals surface area contributed by atoms with Gasteiger partial charge in [0.15, 0.2) is 0 Å². The number of aliphatic carboxylic acids is 1. The Labute approximate surface area is 106 Å². The maximum atomic E-state index is 12.1. The third kappa shape index (κ3) is 3.45. The number of carbonyl (C=O) groups is 3. The van der Waals surface area contributed by atoms with E-state index in [1.54, 1.807) is 7.05 Å². The molecule has 1 aliphatic carbocycles. The van der Waals surface area contributed by atoms with E-state index in [0.717, 1.165) is 6.42 Å². The number of methoxy groups -OCH3 is 1. The average molecular weight is 257 g/mol. The van der Waals surface area contributed by atoms with Gasteiger partial charge in [0.2, 0.25) is 5.91 Å². The summed E-state index contributed by atoms with van der Waals surface area (Å²) in [5.41, 5.74) is 0. The molecule has 1 rings (SSSR count). The first-order valence-corrected chi connectivity index (χ1v) is 6.02. The molecule has 6 heteroatoms. The highest BCUT2D eigenvalue weighted by atomic mass is 16.5. The molecule has 0 aliphatic heterocycles. The number of amides is 1. The van der Waals surface area contributed by atoms with Gasteiger partial charge in [-0.25, -0.2) is 0 Å². The number of hydrogen-bond acceptors (Lipinski definition) is 4. The van der Waals surface area contributed by atoms with Gasteiger partial charge in [0, 0.05) is 13.6 Å². The molecule has 2 atom stereocenters. The molecule has 1 amide bonds. The van der Waals surface area contributed by atoms with Gasteiger partial charge in [-0.15, -0.1) is 0 Å². The summed E-state index contributed by atoms with van der Waals surface area (Å²) in [6.07, 6.45) is 2.05. The van der Waals surface area contributed by atoms with Crippen molar-refractivity contribution < 1.29 is 24.2 Å². The van der Waals surface area contributed by atoms with Gasteiger partial charge in [-0.2, -0.15) is 0 Å². The van der Waals surface area contributed by atoms with Crippen molar-refractivity contribution in [2.75, 3.05) is 20.7 Å². The second kappa shape index (κ2) is 6.37. The fourth-order valence-corrected chi connectivity index (χ4v) is 2.31. The zero-order valence-corrected chi connectivity index (χ0v) is 10.7. The van der Waals surface area contributed by atoms with Crippen LogP contribution in [0.5, 0.6) is 0 Å². The summed E-state index contributed by atoms with van der Waals surface area (Å²) in [6, 6.07) is 0. The Kier molecular flexibility index (Phi) is 5.12. The zero-order valence-electron chi connectivity index (χ0n) is 10.7. The summed E-state index contributed by atoms with van der Waals surface area (Å²) in [5.74, 6) is -2.52. The van der Waals surface area contributed by atoms with Crippen LogP contribution < -0.4 is 0 Å². The molecular weight excluding hydrogens is 238 g/mol. The molecule has 6 nitrogen and oxygen atoms in total. The molecule has 0 aromatic carbocycles. The van der Waals surface area contributed by atoms with E-state index in [1.807, 2.05) is 0 Å². The fraction of sp³-hybridized carbons (Fsp3) is 0.750. The van der Waals surface area contributed by atoms with Gasteiger partial charge in [0.25, 0.3) is 0 Å². The second-order valence-electron chi connectivity index (χ2n) is 4.57. The number of hydrogen-bond donors (Lipinski definition) is 1. The molecule has 0 spiro atoms. The Bertz CT molecular complexity index is 341. The van der Waals surface area contributed by atoms with E-state index in [2.05, 4.69) is 4.74 Å². The number of ether oxygens (including phenoxy) is 1. The lowest BCUT2D eigenvalue weighted by atomic mass is 9.95. The molecule has 0 aromatic heterocycles. The van der Waals surface area contributed by atoms with Crippen LogP contribution >= 0.6 is 0 Å². The summed E-state index contributed by atoms with van der Waals surface area (Å²) < 4.78 is 4.49. The third-order valence-electron chi connectivity index (χ3n) is 3.41. The smallest absolute Gasteiger partial charge is 0.307 e. The van der Waals surface area contributed by atoms with E-state index >= 15 is 0 Å². The van der Waals surface area contributed by atoms with E-state index < -0.39 is 17.8 Å². The highest BCUT2D eigenvalue weighted by Crippen LogP contribution is 2.33. The van der Waals surface area contributed by atoms with Crippen LogP contribution in [0.15, 0.2) is 0 Å². The van der Waals surface area contributed by atoms with E-state index in [9.17, 15) is 14.4 Å². The van der Waals surface area contributed by atoms with Crippen molar-refractivity contribution in [2.45, 2.75) is 25.7 Å². The van der Waals surface area contributed by atoms with Gasteiger partial charge in [0.1, 0.15) is 0 Å². The Hall–Kier alpha value is -1.59. The zero-order chi connectivity index (χ0) is 13.7. The van der Waals surface area contributed by atoms with Crippen LogP contribution in [0, 0.1) is 11.8 Å². The number of rotatable bonds is 5. The van der Waals surface area contributed by atoms with Crippen molar-refractivity contribution in [3.05, 3.63) is 0 Å². The molecule has 0 heterocycles. The number of carbonyl (C=O) groups excluding carboxylic acids is 2. The maximum Gasteiger partial charge on any atom is 0.307 e. The molecule has 0 bridgehead atoms. The summed E-state index contributed by atoms with van der Waals surface area (Å²) in [5, 5.41) is 9.03.